The van der Waals surface area contributed by atoms with Crippen LogP contribution in [-0.2, 0) is 16.4 Å². The fourth-order valence-electron chi connectivity index (χ4n) is 4.14. The molecule has 2 aliphatic carbocycles. The lowest BCUT2D eigenvalue weighted by atomic mass is 9.93. The third kappa shape index (κ3) is 3.93. The van der Waals surface area contributed by atoms with Crippen molar-refractivity contribution in [1.82, 2.24) is 9.78 Å². The van der Waals surface area contributed by atoms with Crippen LogP contribution >= 0.6 is 0 Å². The van der Waals surface area contributed by atoms with E-state index >= 15 is 0 Å². The lowest BCUT2D eigenvalue weighted by Gasteiger charge is -2.18. The summed E-state index contributed by atoms with van der Waals surface area (Å²) in [4.78, 5) is 24.9. The Morgan fingerprint density at radius 1 is 1.12 bits per heavy atom. The van der Waals surface area contributed by atoms with E-state index < -0.39 is 34.8 Å². The molecule has 0 atom stereocenters. The first-order valence-corrected chi connectivity index (χ1v) is 10.7. The number of nitrogens with one attached hydrogen (secondary N) is 1. The molecule has 0 radical (unpaired) electrons. The predicted octanol–water partition coefficient (Wildman–Crippen LogP) is 5.41. The van der Waals surface area contributed by atoms with Crippen LogP contribution in [0.1, 0.15) is 53.2 Å². The molecule has 2 saturated carbocycles. The highest BCUT2D eigenvalue weighted by Gasteiger charge is 2.53. The molecule has 0 unspecified atom stereocenters. The normalized spacial score (nSPS) is 16.8. The number of hydrogen-bond donors (Lipinski definition) is 2. The molecule has 6 nitrogen and oxygen atoms in total. The second kappa shape index (κ2) is 7.68. The van der Waals surface area contributed by atoms with Gasteiger partial charge in [0, 0.05) is 23.0 Å². The highest BCUT2D eigenvalue weighted by atomic mass is 19.4. The van der Waals surface area contributed by atoms with Crippen molar-refractivity contribution in [3.05, 3.63) is 71.3 Å². The number of aromatic nitrogens is 2. The third-order valence-electron chi connectivity index (χ3n) is 6.34. The molecule has 1 heterocycles. The fraction of sp³-hybridized carbons (Fsp3) is 0.292. The van der Waals surface area contributed by atoms with Gasteiger partial charge in [-0.2, -0.15) is 18.3 Å². The molecule has 2 N–H and O–H groups in total. The summed E-state index contributed by atoms with van der Waals surface area (Å²) in [6.07, 6.45) is 1.27. The van der Waals surface area contributed by atoms with Crippen LogP contribution in [0.4, 0.5) is 23.2 Å². The first kappa shape index (κ1) is 22.1. The van der Waals surface area contributed by atoms with Gasteiger partial charge in [-0.3, -0.25) is 9.48 Å². The maximum atomic E-state index is 14.5. The summed E-state index contributed by atoms with van der Waals surface area (Å²) in [7, 11) is 0. The number of halogens is 4. The number of benzene rings is 2. The number of carboxylic acid groups (broad SMARTS) is 1. The van der Waals surface area contributed by atoms with Gasteiger partial charge >= 0.3 is 12.1 Å². The van der Waals surface area contributed by atoms with E-state index in [1.54, 1.807) is 23.1 Å². The molecule has 0 bridgehead atoms. The number of amides is 1. The Labute approximate surface area is 191 Å². The standard InChI is InChI=1S/C24H19F4N3O3/c25-20-9-14(24(26,27)28)1-6-19(20)23(7-8-23)22(34)30-15-2-5-17(18(10-15)21(32)33)13-11-29-31(12-13)16-3-4-16/h1-2,5-6,9-12,16H,3-4,7-8H2,(H,30,34)(H,32,33). The van der Waals surface area contributed by atoms with Crippen LogP contribution in [0.15, 0.2) is 48.8 Å². The van der Waals surface area contributed by atoms with E-state index in [0.29, 0.717) is 23.2 Å². The van der Waals surface area contributed by atoms with Gasteiger partial charge in [0.1, 0.15) is 5.82 Å². The number of nitrogens with zero attached hydrogens (tertiary/aromatic N) is 2. The Morgan fingerprint density at radius 2 is 1.85 bits per heavy atom. The topological polar surface area (TPSA) is 84.2 Å². The van der Waals surface area contributed by atoms with Crippen LogP contribution in [-0.4, -0.2) is 26.8 Å². The first-order valence-electron chi connectivity index (χ1n) is 10.7. The highest BCUT2D eigenvalue weighted by Crippen LogP contribution is 2.50. The summed E-state index contributed by atoms with van der Waals surface area (Å²) in [6.45, 7) is 0. The summed E-state index contributed by atoms with van der Waals surface area (Å²) in [5.41, 5.74) is -1.31. The average Bonchev–Trinajstić information content (AvgIpc) is 3.71. The minimum absolute atomic E-state index is 0.0429. The number of rotatable bonds is 6. The molecule has 2 aliphatic rings. The van der Waals surface area contributed by atoms with Gasteiger partial charge in [0.15, 0.2) is 0 Å². The molecular weight excluding hydrogens is 454 g/mol. The second-order valence-electron chi connectivity index (χ2n) is 8.73. The van der Waals surface area contributed by atoms with Crippen LogP contribution in [0.3, 0.4) is 0 Å². The Balaban J connectivity index is 1.40. The predicted molar refractivity (Wildman–Crippen MR) is 114 cm³/mol. The monoisotopic (exact) mass is 473 g/mol. The van der Waals surface area contributed by atoms with Gasteiger partial charge in [0.2, 0.25) is 5.91 Å². The van der Waals surface area contributed by atoms with E-state index in [2.05, 4.69) is 10.4 Å². The Morgan fingerprint density at radius 3 is 2.44 bits per heavy atom. The quantitative estimate of drug-likeness (QED) is 0.469. The molecule has 10 heteroatoms. The van der Waals surface area contributed by atoms with E-state index in [1.165, 1.54) is 12.1 Å². The molecule has 0 spiro atoms. The van der Waals surface area contributed by atoms with Gasteiger partial charge in [-0.05, 0) is 55.5 Å². The molecule has 0 aliphatic heterocycles. The number of carbonyl (C=O) groups excluding carboxylic acids is 1. The summed E-state index contributed by atoms with van der Waals surface area (Å²) >= 11 is 0. The summed E-state index contributed by atoms with van der Waals surface area (Å²) in [5.74, 6) is -2.89. The van der Waals surface area contributed by atoms with Crippen LogP contribution in [0.25, 0.3) is 11.1 Å². The Bertz CT molecular complexity index is 1310. The third-order valence-corrected chi connectivity index (χ3v) is 6.34. The zero-order valence-corrected chi connectivity index (χ0v) is 17.7. The van der Waals surface area contributed by atoms with Crippen LogP contribution in [0.2, 0.25) is 0 Å². The maximum absolute atomic E-state index is 14.5. The second-order valence-corrected chi connectivity index (χ2v) is 8.73. The van der Waals surface area contributed by atoms with Crippen LogP contribution in [0.5, 0.6) is 0 Å². The van der Waals surface area contributed by atoms with E-state index in [4.69, 9.17) is 0 Å². The van der Waals surface area contributed by atoms with Gasteiger partial charge in [0.25, 0.3) is 0 Å². The van der Waals surface area contributed by atoms with Gasteiger partial charge < -0.3 is 10.4 Å². The first-order chi connectivity index (χ1) is 16.1. The molecule has 1 amide bonds. The SMILES string of the molecule is O=C(O)c1cc(NC(=O)C2(c3ccc(C(F)(F)F)cc3F)CC2)ccc1-c1cnn(C2CC2)c1. The van der Waals surface area contributed by atoms with Crippen molar-refractivity contribution in [3.8, 4) is 11.1 Å². The van der Waals surface area contributed by atoms with Gasteiger partial charge in [-0.25, -0.2) is 9.18 Å². The van der Waals surface area contributed by atoms with Crippen molar-refractivity contribution < 1.29 is 32.3 Å². The minimum atomic E-state index is -4.69. The number of alkyl halides is 3. The zero-order chi connectivity index (χ0) is 24.3. The van der Waals surface area contributed by atoms with E-state index in [9.17, 15) is 32.3 Å². The van der Waals surface area contributed by atoms with E-state index in [0.717, 1.165) is 25.0 Å². The molecule has 0 saturated heterocycles. The number of hydrogen-bond acceptors (Lipinski definition) is 3. The smallest absolute Gasteiger partial charge is 0.416 e. The lowest BCUT2D eigenvalue weighted by Crippen LogP contribution is -2.29. The Kier molecular flexibility index (Phi) is 5.00. The van der Waals surface area contributed by atoms with Gasteiger partial charge in [-0.15, -0.1) is 0 Å². The average molecular weight is 473 g/mol. The van der Waals surface area contributed by atoms with Crippen molar-refractivity contribution in [1.29, 1.82) is 0 Å². The molecule has 2 fully saturated rings. The molecule has 3 aromatic rings. The number of carboxylic acids is 1. The van der Waals surface area contributed by atoms with Gasteiger partial charge in [0.05, 0.1) is 28.8 Å². The summed E-state index contributed by atoms with van der Waals surface area (Å²) < 4.78 is 54.9. The fourth-order valence-corrected chi connectivity index (χ4v) is 4.14. The van der Waals surface area contributed by atoms with Crippen LogP contribution < -0.4 is 5.32 Å². The zero-order valence-electron chi connectivity index (χ0n) is 17.7. The minimum Gasteiger partial charge on any atom is -0.478 e. The molecule has 1 aromatic heterocycles. The van der Waals surface area contributed by atoms with Gasteiger partial charge in [-0.1, -0.05) is 12.1 Å². The van der Waals surface area contributed by atoms with E-state index in [-0.39, 0.29) is 29.7 Å². The lowest BCUT2D eigenvalue weighted by molar-refractivity contribution is -0.137. The number of anilines is 1. The van der Waals surface area contributed by atoms with Crippen molar-refractivity contribution in [2.45, 2.75) is 43.3 Å². The number of aromatic carboxylic acids is 1. The molecular formula is C24H19F4N3O3. The van der Waals surface area contributed by atoms with Crippen molar-refractivity contribution in [3.63, 3.8) is 0 Å². The Hall–Kier alpha value is -3.69. The van der Waals surface area contributed by atoms with Crippen molar-refractivity contribution >= 4 is 17.6 Å². The van der Waals surface area contributed by atoms with Crippen LogP contribution in [0, 0.1) is 5.82 Å². The molecule has 176 valence electrons. The van der Waals surface area contributed by atoms with Crippen molar-refractivity contribution in [2.75, 3.05) is 5.32 Å². The largest absolute Gasteiger partial charge is 0.478 e. The van der Waals surface area contributed by atoms with E-state index in [1.807, 2.05) is 0 Å². The number of carbonyl (C=O) groups is 2. The molecule has 2 aromatic carbocycles. The molecule has 34 heavy (non-hydrogen) atoms. The highest BCUT2D eigenvalue weighted by molar-refractivity contribution is 6.03. The molecule has 5 rings (SSSR count). The summed E-state index contributed by atoms with van der Waals surface area (Å²) in [6, 6.07) is 6.88. The van der Waals surface area contributed by atoms with Crippen molar-refractivity contribution in [2.24, 2.45) is 0 Å². The summed E-state index contributed by atoms with van der Waals surface area (Å²) in [5, 5.41) is 16.6. The maximum Gasteiger partial charge on any atom is 0.416 e.